The molecule has 0 spiro atoms. The molecule has 1 amide bonds. The molecule has 0 aliphatic carbocycles. The van der Waals surface area contributed by atoms with Crippen molar-refractivity contribution in [2.24, 2.45) is 0 Å². The van der Waals surface area contributed by atoms with Crippen LogP contribution in [0.5, 0.6) is 0 Å². The number of carbonyl (C=O) groups excluding carboxylic acids is 1. The molecule has 0 saturated carbocycles. The summed E-state index contributed by atoms with van der Waals surface area (Å²) in [5, 5.41) is 8.76. The van der Waals surface area contributed by atoms with Gasteiger partial charge in [-0.05, 0) is 20.3 Å². The predicted molar refractivity (Wildman–Crippen MR) is 60.0 cm³/mol. The fourth-order valence-corrected chi connectivity index (χ4v) is 1.87. The molecule has 4 nitrogen and oxygen atoms in total. The van der Waals surface area contributed by atoms with E-state index < -0.39 is 0 Å². The molecule has 0 aliphatic rings. The minimum Gasteiger partial charge on any atom is -0.396 e. The van der Waals surface area contributed by atoms with Gasteiger partial charge in [-0.2, -0.15) is 0 Å². The Labute approximate surface area is 93.6 Å². The summed E-state index contributed by atoms with van der Waals surface area (Å²) in [6.07, 6.45) is 2.20. The lowest BCUT2D eigenvalue weighted by Crippen LogP contribution is -2.37. The molecule has 1 N–H and O–H groups in total. The van der Waals surface area contributed by atoms with E-state index in [4.69, 9.17) is 5.11 Å². The van der Waals surface area contributed by atoms with Crippen molar-refractivity contribution in [1.82, 2.24) is 9.88 Å². The maximum absolute atomic E-state index is 12.0. The van der Waals surface area contributed by atoms with Crippen LogP contribution < -0.4 is 0 Å². The van der Waals surface area contributed by atoms with E-state index in [1.54, 1.807) is 16.6 Å². The van der Waals surface area contributed by atoms with Crippen molar-refractivity contribution in [3.8, 4) is 0 Å². The molecule has 1 aromatic heterocycles. The fraction of sp³-hybridized carbons (Fsp3) is 0.600. The zero-order valence-electron chi connectivity index (χ0n) is 9.01. The first kappa shape index (κ1) is 12.1. The topological polar surface area (TPSA) is 53.4 Å². The van der Waals surface area contributed by atoms with Crippen LogP contribution in [-0.2, 0) is 0 Å². The summed E-state index contributed by atoms with van der Waals surface area (Å²) in [5.74, 6) is 0.000880. The normalized spacial score (nSPS) is 10.7. The van der Waals surface area contributed by atoms with Crippen LogP contribution in [0, 0.1) is 0 Å². The van der Waals surface area contributed by atoms with Crippen LogP contribution in [0.4, 0.5) is 0 Å². The first-order chi connectivity index (χ1) is 7.16. The van der Waals surface area contributed by atoms with Gasteiger partial charge < -0.3 is 10.0 Å². The van der Waals surface area contributed by atoms with Crippen molar-refractivity contribution < 1.29 is 9.90 Å². The predicted octanol–water partition coefficient (Wildman–Crippen LogP) is 1.38. The molecule has 0 radical (unpaired) electrons. The fourth-order valence-electron chi connectivity index (χ4n) is 1.30. The summed E-state index contributed by atoms with van der Waals surface area (Å²) in [4.78, 5) is 18.3. The molecule has 0 bridgehead atoms. The number of nitrogens with zero attached hydrogens (tertiary/aromatic N) is 2. The summed E-state index contributed by atoms with van der Waals surface area (Å²) >= 11 is 1.35. The number of aromatic nitrogens is 1. The highest BCUT2D eigenvalue weighted by atomic mass is 32.1. The molecule has 0 aliphatic heterocycles. The van der Waals surface area contributed by atoms with E-state index in [1.807, 2.05) is 13.8 Å². The molecule has 1 aromatic rings. The van der Waals surface area contributed by atoms with Gasteiger partial charge in [-0.1, -0.05) is 0 Å². The van der Waals surface area contributed by atoms with E-state index in [2.05, 4.69) is 4.98 Å². The van der Waals surface area contributed by atoms with Crippen LogP contribution >= 0.6 is 11.3 Å². The first-order valence-electron chi connectivity index (χ1n) is 4.97. The molecule has 1 heterocycles. The summed E-state index contributed by atoms with van der Waals surface area (Å²) < 4.78 is 0. The summed E-state index contributed by atoms with van der Waals surface area (Å²) in [6, 6.07) is 0.145. The van der Waals surface area contributed by atoms with E-state index in [9.17, 15) is 4.79 Å². The van der Waals surface area contributed by atoms with Crippen molar-refractivity contribution in [1.29, 1.82) is 0 Å². The monoisotopic (exact) mass is 228 g/mol. The van der Waals surface area contributed by atoms with Crippen LogP contribution in [-0.4, -0.2) is 40.1 Å². The second kappa shape index (κ2) is 5.82. The van der Waals surface area contributed by atoms with Gasteiger partial charge in [0.1, 0.15) is 4.88 Å². The molecule has 0 saturated heterocycles. The maximum atomic E-state index is 12.0. The van der Waals surface area contributed by atoms with Gasteiger partial charge in [0, 0.05) is 19.2 Å². The van der Waals surface area contributed by atoms with Gasteiger partial charge in [-0.15, -0.1) is 11.3 Å². The summed E-state index contributed by atoms with van der Waals surface area (Å²) in [7, 11) is 0. The van der Waals surface area contributed by atoms with Crippen molar-refractivity contribution in [2.45, 2.75) is 26.3 Å². The summed E-state index contributed by atoms with van der Waals surface area (Å²) in [6.45, 7) is 4.64. The lowest BCUT2D eigenvalue weighted by molar-refractivity contribution is 0.0698. The smallest absolute Gasteiger partial charge is 0.265 e. The van der Waals surface area contributed by atoms with E-state index in [0.29, 0.717) is 17.8 Å². The lowest BCUT2D eigenvalue weighted by atomic mass is 10.2. The summed E-state index contributed by atoms with van der Waals surface area (Å²) in [5.41, 5.74) is 1.65. The number of aliphatic hydroxyl groups excluding tert-OH is 1. The van der Waals surface area contributed by atoms with Gasteiger partial charge in [0.25, 0.3) is 5.91 Å². The third-order valence-corrected chi connectivity index (χ3v) is 2.85. The highest BCUT2D eigenvalue weighted by molar-refractivity contribution is 7.11. The maximum Gasteiger partial charge on any atom is 0.265 e. The Balaban J connectivity index is 2.67. The number of hydrogen-bond donors (Lipinski definition) is 1. The Hall–Kier alpha value is -0.940. The molecule has 0 atom stereocenters. The van der Waals surface area contributed by atoms with E-state index in [-0.39, 0.29) is 18.6 Å². The standard InChI is InChI=1S/C10H16N2O2S/c1-8(2)12(4-3-5-13)10(14)9-6-11-7-15-9/h6-8,13H,3-5H2,1-2H3. The van der Waals surface area contributed by atoms with E-state index in [0.717, 1.165) is 0 Å². The van der Waals surface area contributed by atoms with E-state index in [1.165, 1.54) is 11.3 Å². The molecule has 0 unspecified atom stereocenters. The average Bonchev–Trinajstić information content (AvgIpc) is 2.70. The van der Waals surface area contributed by atoms with Gasteiger partial charge in [-0.3, -0.25) is 9.78 Å². The Kier molecular flexibility index (Phi) is 4.71. The highest BCUT2D eigenvalue weighted by Gasteiger charge is 2.19. The lowest BCUT2D eigenvalue weighted by Gasteiger charge is -2.25. The third kappa shape index (κ3) is 3.28. The molecule has 0 fully saturated rings. The van der Waals surface area contributed by atoms with Gasteiger partial charge >= 0.3 is 0 Å². The minimum absolute atomic E-state index is 0.000880. The number of carbonyl (C=O) groups is 1. The number of aliphatic hydroxyl groups is 1. The molecular weight excluding hydrogens is 212 g/mol. The largest absolute Gasteiger partial charge is 0.396 e. The Morgan fingerprint density at radius 3 is 2.87 bits per heavy atom. The van der Waals surface area contributed by atoms with Crippen molar-refractivity contribution in [2.75, 3.05) is 13.2 Å². The second-order valence-electron chi connectivity index (χ2n) is 3.54. The Morgan fingerprint density at radius 2 is 2.40 bits per heavy atom. The van der Waals surface area contributed by atoms with Crippen molar-refractivity contribution in [3.05, 3.63) is 16.6 Å². The zero-order valence-corrected chi connectivity index (χ0v) is 9.83. The average molecular weight is 228 g/mol. The second-order valence-corrected chi connectivity index (χ2v) is 4.42. The third-order valence-electron chi connectivity index (χ3n) is 2.08. The van der Waals surface area contributed by atoms with Crippen molar-refractivity contribution in [3.63, 3.8) is 0 Å². The molecule has 84 valence electrons. The number of thiazole rings is 1. The molecule has 1 rings (SSSR count). The van der Waals surface area contributed by atoms with Crippen molar-refractivity contribution >= 4 is 17.2 Å². The van der Waals surface area contributed by atoms with Gasteiger partial charge in [0.05, 0.1) is 11.7 Å². The number of rotatable bonds is 5. The van der Waals surface area contributed by atoms with Gasteiger partial charge in [0.2, 0.25) is 0 Å². The number of hydrogen-bond acceptors (Lipinski definition) is 4. The molecule has 15 heavy (non-hydrogen) atoms. The Morgan fingerprint density at radius 1 is 1.67 bits per heavy atom. The first-order valence-corrected chi connectivity index (χ1v) is 5.85. The van der Waals surface area contributed by atoms with Crippen LogP contribution in [0.2, 0.25) is 0 Å². The highest BCUT2D eigenvalue weighted by Crippen LogP contribution is 2.12. The van der Waals surface area contributed by atoms with Crippen LogP contribution in [0.1, 0.15) is 29.9 Å². The zero-order chi connectivity index (χ0) is 11.3. The minimum atomic E-state index is 0.000880. The van der Waals surface area contributed by atoms with E-state index >= 15 is 0 Å². The van der Waals surface area contributed by atoms with Crippen LogP contribution in [0.25, 0.3) is 0 Å². The van der Waals surface area contributed by atoms with Gasteiger partial charge in [-0.25, -0.2) is 0 Å². The van der Waals surface area contributed by atoms with Crippen LogP contribution in [0.15, 0.2) is 11.7 Å². The molecule has 5 heteroatoms. The van der Waals surface area contributed by atoms with Gasteiger partial charge in [0.15, 0.2) is 0 Å². The SMILES string of the molecule is CC(C)N(CCCO)C(=O)c1cncs1. The quantitative estimate of drug-likeness (QED) is 0.828. The number of amides is 1. The Bertz CT molecular complexity index is 298. The van der Waals surface area contributed by atoms with Crippen LogP contribution in [0.3, 0.4) is 0 Å². The molecule has 0 aromatic carbocycles. The molecular formula is C10H16N2O2S.